The molecule has 2 aliphatic rings. The standard InChI is InChI=1S/C21H14.C21H25.C5H5.Zr/c1-3-7-20-14-16(9-11-18(20)5-1)13-17-10-12-19-6-2-4-8-21(19)15-17;1-20(2,3)16-7-9-18-14(12-16)11-15-13-17(21(4,5)6)8-10-19(15)18;1-2-4-5-3-1;/h1-12,14-15H;7-10,12H,11H2,1-6H3;1-3H,4H2;. The fourth-order valence-electron chi connectivity index (χ4n) is 7.88. The maximum atomic E-state index is 2.51. The molecule has 0 heterocycles. The van der Waals surface area contributed by atoms with Crippen molar-refractivity contribution in [1.29, 1.82) is 0 Å². The van der Waals surface area contributed by atoms with Gasteiger partial charge in [0.1, 0.15) is 0 Å². The van der Waals surface area contributed by atoms with Crippen LogP contribution < -0.4 is 3.27 Å². The topological polar surface area (TPSA) is 0 Å². The average molecular weight is 700 g/mol. The summed E-state index contributed by atoms with van der Waals surface area (Å²) in [7, 11) is 0. The monoisotopic (exact) mass is 698 g/mol. The van der Waals surface area contributed by atoms with Gasteiger partial charge in [0, 0.05) is 0 Å². The van der Waals surface area contributed by atoms with Gasteiger partial charge in [0.25, 0.3) is 0 Å². The van der Waals surface area contributed by atoms with Gasteiger partial charge in [-0.05, 0) is 0 Å². The molecule has 236 valence electrons. The predicted molar refractivity (Wildman–Crippen MR) is 205 cm³/mol. The van der Waals surface area contributed by atoms with Gasteiger partial charge in [-0.3, -0.25) is 0 Å². The van der Waals surface area contributed by atoms with Crippen molar-refractivity contribution in [2.45, 2.75) is 65.2 Å². The van der Waals surface area contributed by atoms with Crippen molar-refractivity contribution in [3.05, 3.63) is 170 Å². The number of hydrogen-bond acceptors (Lipinski definition) is 0. The summed E-state index contributed by atoms with van der Waals surface area (Å²) < 4.78 is 4.95. The van der Waals surface area contributed by atoms with Gasteiger partial charge in [-0.2, -0.15) is 0 Å². The minimum atomic E-state index is -2.90. The van der Waals surface area contributed by atoms with Gasteiger partial charge in [0.2, 0.25) is 0 Å². The van der Waals surface area contributed by atoms with E-state index in [1.165, 1.54) is 60.5 Å². The molecule has 0 saturated heterocycles. The Kier molecular flexibility index (Phi) is 7.77. The van der Waals surface area contributed by atoms with Crippen LogP contribution in [0.2, 0.25) is 0 Å². The van der Waals surface area contributed by atoms with Crippen molar-refractivity contribution < 1.29 is 21.3 Å². The van der Waals surface area contributed by atoms with Crippen molar-refractivity contribution in [2.24, 2.45) is 0 Å². The van der Waals surface area contributed by atoms with E-state index in [0.717, 1.165) is 12.8 Å². The molecule has 48 heavy (non-hydrogen) atoms. The first-order valence-corrected chi connectivity index (χ1v) is 21.1. The molecule has 0 saturated carbocycles. The van der Waals surface area contributed by atoms with Gasteiger partial charge >= 0.3 is 296 Å². The molecule has 0 spiro atoms. The van der Waals surface area contributed by atoms with Crippen LogP contribution in [0.25, 0.3) is 32.7 Å². The Morgan fingerprint density at radius 2 is 1.19 bits per heavy atom. The normalized spacial score (nSPS) is 13.9. The number of allylic oxidation sites excluding steroid dienone is 4. The Morgan fingerprint density at radius 1 is 0.583 bits per heavy atom. The molecule has 0 radical (unpaired) electrons. The maximum absolute atomic E-state index is 2.90. The number of rotatable bonds is 4. The molecule has 0 atom stereocenters. The summed E-state index contributed by atoms with van der Waals surface area (Å²) >= 11 is -2.90. The van der Waals surface area contributed by atoms with E-state index >= 15 is 0 Å². The van der Waals surface area contributed by atoms with E-state index in [9.17, 15) is 0 Å². The van der Waals surface area contributed by atoms with Crippen LogP contribution in [0.1, 0.15) is 81.3 Å². The van der Waals surface area contributed by atoms with Crippen LogP contribution in [0.3, 0.4) is 0 Å². The summed E-state index contributed by atoms with van der Waals surface area (Å²) in [5.41, 5.74) is 11.8. The molecular weight excluding hydrogens is 656 g/mol. The van der Waals surface area contributed by atoms with Crippen LogP contribution in [0.15, 0.2) is 137 Å². The van der Waals surface area contributed by atoms with Gasteiger partial charge in [0.05, 0.1) is 0 Å². The Bertz CT molecular complexity index is 2270. The molecule has 0 nitrogen and oxygen atoms in total. The Morgan fingerprint density at radius 3 is 1.75 bits per heavy atom. The Labute approximate surface area is 294 Å². The predicted octanol–water partition coefficient (Wildman–Crippen LogP) is 11.5. The van der Waals surface area contributed by atoms with Gasteiger partial charge in [0.15, 0.2) is 0 Å². The van der Waals surface area contributed by atoms with Gasteiger partial charge in [-0.15, -0.1) is 0 Å². The first-order chi connectivity index (χ1) is 23.1. The minimum absolute atomic E-state index is 0.0198. The second kappa shape index (κ2) is 11.9. The zero-order valence-corrected chi connectivity index (χ0v) is 31.6. The van der Waals surface area contributed by atoms with Gasteiger partial charge in [-0.25, -0.2) is 0 Å². The van der Waals surface area contributed by atoms with Crippen LogP contribution in [-0.4, -0.2) is 3.21 Å². The molecule has 6 aromatic rings. The fraction of sp³-hybridized carbons (Fsp3) is 0.213. The second-order valence-electron chi connectivity index (χ2n) is 15.8. The van der Waals surface area contributed by atoms with Crippen LogP contribution in [0, 0.1) is 0 Å². The van der Waals surface area contributed by atoms with E-state index < -0.39 is 21.3 Å². The molecule has 0 bridgehead atoms. The molecule has 0 aliphatic heterocycles. The van der Waals surface area contributed by atoms with Crippen LogP contribution in [0.4, 0.5) is 0 Å². The van der Waals surface area contributed by atoms with E-state index in [1.54, 1.807) is 15.3 Å². The second-order valence-corrected chi connectivity index (χ2v) is 21.6. The van der Waals surface area contributed by atoms with Crippen LogP contribution >= 0.6 is 0 Å². The number of hydrogen-bond donors (Lipinski definition) is 0. The summed E-state index contributed by atoms with van der Waals surface area (Å²) in [6.07, 6.45) is 9.26. The zero-order chi connectivity index (χ0) is 33.2. The molecule has 0 unspecified atom stereocenters. The van der Waals surface area contributed by atoms with Crippen molar-refractivity contribution in [3.63, 3.8) is 0 Å². The summed E-state index contributed by atoms with van der Waals surface area (Å²) in [5, 5.41) is 5.22. The van der Waals surface area contributed by atoms with E-state index in [1.807, 2.05) is 0 Å². The Balaban J connectivity index is 1.50. The van der Waals surface area contributed by atoms with Gasteiger partial charge in [-0.1, -0.05) is 0 Å². The summed E-state index contributed by atoms with van der Waals surface area (Å²) in [6, 6.07) is 44.4. The molecule has 0 aromatic heterocycles. The number of fused-ring (bicyclic) bond motifs is 5. The van der Waals surface area contributed by atoms with E-state index in [4.69, 9.17) is 0 Å². The zero-order valence-electron chi connectivity index (χ0n) is 29.1. The first kappa shape index (κ1) is 31.3. The van der Waals surface area contributed by atoms with E-state index in [0.29, 0.717) is 0 Å². The molecule has 8 rings (SSSR count). The van der Waals surface area contributed by atoms with Crippen molar-refractivity contribution >= 4 is 28.0 Å². The summed E-state index contributed by atoms with van der Waals surface area (Å²) in [6.45, 7) is 14.3. The van der Waals surface area contributed by atoms with Crippen LogP contribution in [-0.2, 0) is 38.5 Å². The van der Waals surface area contributed by atoms with Crippen molar-refractivity contribution in [1.82, 2.24) is 0 Å². The van der Waals surface area contributed by atoms with E-state index in [-0.39, 0.29) is 10.8 Å². The fourth-order valence-corrected chi connectivity index (χ4v) is 16.8. The molecule has 1 heteroatoms. The quantitative estimate of drug-likeness (QED) is 0.172. The third-order valence-electron chi connectivity index (χ3n) is 10.4. The molecule has 2 aliphatic carbocycles. The van der Waals surface area contributed by atoms with Crippen molar-refractivity contribution in [2.75, 3.05) is 0 Å². The first-order valence-electron chi connectivity index (χ1n) is 17.5. The molecule has 0 amide bonds. The molecular formula is C47H44Zr. The van der Waals surface area contributed by atoms with Crippen molar-refractivity contribution in [3.8, 4) is 11.1 Å². The molecule has 0 fully saturated rings. The summed E-state index contributed by atoms with van der Waals surface area (Å²) in [5.74, 6) is 0. The number of benzene rings is 6. The Hall–Kier alpha value is -3.93. The third kappa shape index (κ3) is 5.55. The van der Waals surface area contributed by atoms with Crippen LogP contribution in [0.5, 0.6) is 0 Å². The SMILES string of the molecule is CC(C)(C)c1ccc2c(c1)Cc1c-2ccc(C(C)(C)C)[c]1[Zr]([C]1=CC=CC1)=[C](c1ccc2ccccc2c1)c1ccc2ccccc2c1. The van der Waals surface area contributed by atoms with Gasteiger partial charge < -0.3 is 0 Å². The average Bonchev–Trinajstić information content (AvgIpc) is 3.74. The van der Waals surface area contributed by atoms with E-state index in [2.05, 4.69) is 175 Å². The third-order valence-corrected chi connectivity index (χ3v) is 18.2. The molecule has 0 N–H and O–H groups in total. The molecule has 6 aromatic carbocycles. The summed E-state index contributed by atoms with van der Waals surface area (Å²) in [4.78, 5) is 0.